The fourth-order valence-electron chi connectivity index (χ4n) is 4.71. The average molecular weight is 610 g/mol. The lowest BCUT2D eigenvalue weighted by atomic mass is 10.1. The molecule has 0 saturated carbocycles. The van der Waals surface area contributed by atoms with E-state index in [1.807, 2.05) is 0 Å². The van der Waals surface area contributed by atoms with E-state index in [9.17, 15) is 18.7 Å². The Morgan fingerprint density at radius 1 is 1.02 bits per heavy atom. The number of nitrogens with zero attached hydrogens (tertiary/aromatic N) is 3. The molecule has 3 heterocycles. The molecule has 0 amide bonds. The molecule has 6 rings (SSSR count). The van der Waals surface area contributed by atoms with E-state index in [1.54, 1.807) is 28.8 Å². The monoisotopic (exact) mass is 609 g/mol. The molecule has 220 valence electrons. The number of ether oxygens (including phenoxy) is 3. The lowest BCUT2D eigenvalue weighted by Gasteiger charge is -2.27. The van der Waals surface area contributed by atoms with Gasteiger partial charge in [0.25, 0.3) is 0 Å². The number of carbonyl (C=O) groups is 1. The van der Waals surface area contributed by atoms with Gasteiger partial charge in [0, 0.05) is 36.4 Å². The number of hydrogen-bond donors (Lipinski definition) is 1. The first-order valence-corrected chi connectivity index (χ1v) is 13.6. The van der Waals surface area contributed by atoms with Crippen LogP contribution in [0.15, 0.2) is 66.9 Å². The molecule has 43 heavy (non-hydrogen) atoms. The summed E-state index contributed by atoms with van der Waals surface area (Å²) in [6, 6.07) is 13.9. The standard InChI is InChI=1S/C31H23ClF3N3O5/c32-19-2-4-28(25(34)12-19)42-16-20-13-22(5-7-36-20)43-21-3-1-17(24(33)14-21)11-29-37-30-26(35)9-18(31(39)40)10-27(30)38(29)15-23-6-8-41-23/h1-5,7,9-10,12-14,23H,6,8,11,15-16H2,(H,39,40). The van der Waals surface area contributed by atoms with Gasteiger partial charge in [-0.05, 0) is 54.4 Å². The van der Waals surface area contributed by atoms with E-state index in [0.717, 1.165) is 18.6 Å². The van der Waals surface area contributed by atoms with Crippen molar-refractivity contribution in [1.29, 1.82) is 0 Å². The number of benzene rings is 3. The molecule has 0 aliphatic carbocycles. The Kier molecular flexibility index (Phi) is 7.92. The summed E-state index contributed by atoms with van der Waals surface area (Å²) in [4.78, 5) is 20.1. The molecule has 0 spiro atoms. The molecule has 1 atom stereocenters. The molecule has 3 aromatic carbocycles. The second kappa shape index (κ2) is 11.9. The second-order valence-electron chi connectivity index (χ2n) is 9.93. The number of hydrogen-bond acceptors (Lipinski definition) is 6. The van der Waals surface area contributed by atoms with Crippen molar-refractivity contribution in [1.82, 2.24) is 14.5 Å². The third-order valence-corrected chi connectivity index (χ3v) is 7.21. The van der Waals surface area contributed by atoms with Crippen molar-refractivity contribution in [3.63, 3.8) is 0 Å². The Hall–Kier alpha value is -4.61. The van der Waals surface area contributed by atoms with Gasteiger partial charge in [-0.15, -0.1) is 0 Å². The Labute approximate surface area is 248 Å². The molecule has 0 radical (unpaired) electrons. The van der Waals surface area contributed by atoms with E-state index < -0.39 is 23.4 Å². The highest BCUT2D eigenvalue weighted by atomic mass is 35.5. The van der Waals surface area contributed by atoms with Crippen molar-refractivity contribution in [2.45, 2.75) is 32.1 Å². The summed E-state index contributed by atoms with van der Waals surface area (Å²) >= 11 is 5.77. The largest absolute Gasteiger partial charge is 0.484 e. The summed E-state index contributed by atoms with van der Waals surface area (Å²) in [7, 11) is 0. The fourth-order valence-corrected chi connectivity index (χ4v) is 4.87. The van der Waals surface area contributed by atoms with Crippen molar-refractivity contribution in [2.75, 3.05) is 6.61 Å². The van der Waals surface area contributed by atoms with E-state index in [-0.39, 0.29) is 52.3 Å². The van der Waals surface area contributed by atoms with Crippen molar-refractivity contribution >= 4 is 28.6 Å². The van der Waals surface area contributed by atoms with Crippen molar-refractivity contribution in [3.05, 3.63) is 112 Å². The number of carboxylic acids is 1. The van der Waals surface area contributed by atoms with Crippen LogP contribution in [0.1, 0.15) is 33.9 Å². The van der Waals surface area contributed by atoms with Crippen LogP contribution < -0.4 is 9.47 Å². The van der Waals surface area contributed by atoms with Gasteiger partial charge in [-0.2, -0.15) is 0 Å². The number of carboxylic acid groups (broad SMARTS) is 1. The molecule has 1 unspecified atom stereocenters. The van der Waals surface area contributed by atoms with Gasteiger partial charge in [0.15, 0.2) is 17.4 Å². The second-order valence-corrected chi connectivity index (χ2v) is 10.4. The maximum Gasteiger partial charge on any atom is 0.335 e. The van der Waals surface area contributed by atoms with Gasteiger partial charge in [-0.1, -0.05) is 17.7 Å². The summed E-state index contributed by atoms with van der Waals surface area (Å²) in [6.45, 7) is 0.894. The Balaban J connectivity index is 1.20. The van der Waals surface area contributed by atoms with Gasteiger partial charge < -0.3 is 23.9 Å². The van der Waals surface area contributed by atoms with E-state index >= 15 is 4.39 Å². The molecule has 12 heteroatoms. The zero-order valence-corrected chi connectivity index (χ0v) is 23.2. The molecule has 1 saturated heterocycles. The van der Waals surface area contributed by atoms with Gasteiger partial charge in [-0.3, -0.25) is 4.98 Å². The third kappa shape index (κ3) is 6.27. The SMILES string of the molecule is O=C(O)c1cc(F)c2nc(Cc3ccc(Oc4ccnc(COc5ccc(Cl)cc5F)c4)cc3F)n(CC3CCO3)c2c1. The number of pyridine rings is 1. The lowest BCUT2D eigenvalue weighted by Crippen LogP contribution is -2.31. The number of imidazole rings is 1. The number of fused-ring (bicyclic) bond motifs is 1. The zero-order valence-electron chi connectivity index (χ0n) is 22.4. The summed E-state index contributed by atoms with van der Waals surface area (Å²) in [5, 5.41) is 9.66. The molecule has 1 N–H and O–H groups in total. The predicted octanol–water partition coefficient (Wildman–Crippen LogP) is 6.95. The molecular formula is C31H23ClF3N3O5. The summed E-state index contributed by atoms with van der Waals surface area (Å²) in [5.41, 5.74) is 0.848. The minimum absolute atomic E-state index is 0.0101. The first-order valence-electron chi connectivity index (χ1n) is 13.3. The van der Waals surface area contributed by atoms with Crippen LogP contribution in [0.2, 0.25) is 5.02 Å². The van der Waals surface area contributed by atoms with Crippen LogP contribution in [0.4, 0.5) is 13.2 Å². The maximum absolute atomic E-state index is 15.3. The molecular weight excluding hydrogens is 587 g/mol. The van der Waals surface area contributed by atoms with Gasteiger partial charge in [0.1, 0.15) is 35.3 Å². The van der Waals surface area contributed by atoms with Crippen LogP contribution in [0.3, 0.4) is 0 Å². The highest BCUT2D eigenvalue weighted by Gasteiger charge is 2.24. The predicted molar refractivity (Wildman–Crippen MR) is 150 cm³/mol. The molecule has 1 fully saturated rings. The maximum atomic E-state index is 15.3. The van der Waals surface area contributed by atoms with E-state index in [1.165, 1.54) is 30.5 Å². The average Bonchev–Trinajstić information content (AvgIpc) is 3.29. The van der Waals surface area contributed by atoms with Crippen LogP contribution in [0.5, 0.6) is 17.2 Å². The van der Waals surface area contributed by atoms with Crippen molar-refractivity contribution in [2.24, 2.45) is 0 Å². The molecule has 5 aromatic rings. The van der Waals surface area contributed by atoms with Crippen LogP contribution in [0.25, 0.3) is 11.0 Å². The fraction of sp³-hybridized carbons (Fsp3) is 0.194. The lowest BCUT2D eigenvalue weighted by molar-refractivity contribution is -0.0589. The topological polar surface area (TPSA) is 95.7 Å². The third-order valence-electron chi connectivity index (χ3n) is 6.98. The van der Waals surface area contributed by atoms with Crippen LogP contribution in [0, 0.1) is 17.5 Å². The van der Waals surface area contributed by atoms with E-state index in [4.69, 9.17) is 25.8 Å². The normalized spacial score (nSPS) is 14.5. The minimum atomic E-state index is -1.26. The first-order chi connectivity index (χ1) is 20.7. The van der Waals surface area contributed by atoms with Crippen LogP contribution in [-0.4, -0.2) is 38.3 Å². The number of aromatic carboxylic acids is 1. The summed E-state index contributed by atoms with van der Waals surface area (Å²) in [5.74, 6) is -2.23. The van der Waals surface area contributed by atoms with Crippen molar-refractivity contribution < 1.29 is 37.3 Å². The molecule has 2 aromatic heterocycles. The smallest absolute Gasteiger partial charge is 0.335 e. The Morgan fingerprint density at radius 2 is 1.84 bits per heavy atom. The number of halogens is 4. The minimum Gasteiger partial charge on any atom is -0.484 e. The highest BCUT2D eigenvalue weighted by molar-refractivity contribution is 6.30. The number of aromatic nitrogens is 3. The zero-order chi connectivity index (χ0) is 30.1. The van der Waals surface area contributed by atoms with E-state index in [2.05, 4.69) is 9.97 Å². The molecule has 8 nitrogen and oxygen atoms in total. The summed E-state index contributed by atoms with van der Waals surface area (Å²) in [6.07, 6.45) is 2.17. The van der Waals surface area contributed by atoms with Crippen LogP contribution >= 0.6 is 11.6 Å². The van der Waals surface area contributed by atoms with Gasteiger partial charge in [-0.25, -0.2) is 22.9 Å². The van der Waals surface area contributed by atoms with Gasteiger partial charge in [0.2, 0.25) is 0 Å². The Morgan fingerprint density at radius 3 is 2.56 bits per heavy atom. The van der Waals surface area contributed by atoms with E-state index in [0.29, 0.717) is 35.9 Å². The number of rotatable bonds is 10. The van der Waals surface area contributed by atoms with Gasteiger partial charge >= 0.3 is 5.97 Å². The molecule has 1 aliphatic rings. The molecule has 0 bridgehead atoms. The van der Waals surface area contributed by atoms with Crippen LogP contribution in [-0.2, 0) is 24.3 Å². The Bertz CT molecular complexity index is 1840. The highest BCUT2D eigenvalue weighted by Crippen LogP contribution is 2.29. The molecule has 1 aliphatic heterocycles. The van der Waals surface area contributed by atoms with Crippen molar-refractivity contribution in [3.8, 4) is 17.2 Å². The summed E-state index contributed by atoms with van der Waals surface area (Å²) < 4.78 is 62.6. The quantitative estimate of drug-likeness (QED) is 0.183. The van der Waals surface area contributed by atoms with Gasteiger partial charge in [0.05, 0.1) is 29.4 Å². The first kappa shape index (κ1) is 28.5.